The SMILES string of the molecule is CC(C)(c1ccccn1)C(CC(=O)O)Nc1nc(-c2[nH]nc3ncc(Cl)cc23)nc(-c2cccs2)c1F. The van der Waals surface area contributed by atoms with Gasteiger partial charge in [-0.3, -0.25) is 14.9 Å². The number of carboxylic acid groups (broad SMARTS) is 1. The summed E-state index contributed by atoms with van der Waals surface area (Å²) in [6.45, 7) is 3.71. The Kier molecular flexibility index (Phi) is 6.57. The number of hydrogen-bond acceptors (Lipinski definition) is 8. The van der Waals surface area contributed by atoms with Crippen LogP contribution in [0.1, 0.15) is 26.0 Å². The van der Waals surface area contributed by atoms with Crippen LogP contribution in [0.2, 0.25) is 5.02 Å². The second-order valence-electron chi connectivity index (χ2n) is 8.89. The van der Waals surface area contributed by atoms with E-state index in [0.29, 0.717) is 32.3 Å². The quantitative estimate of drug-likeness (QED) is 0.234. The van der Waals surface area contributed by atoms with Gasteiger partial charge in [-0.25, -0.2) is 19.3 Å². The Hall–Kier alpha value is -3.96. The topological polar surface area (TPSA) is 130 Å². The molecule has 12 heteroatoms. The van der Waals surface area contributed by atoms with E-state index in [-0.39, 0.29) is 23.8 Å². The van der Waals surface area contributed by atoms with Crippen LogP contribution in [0.25, 0.3) is 33.1 Å². The van der Waals surface area contributed by atoms with Crippen LogP contribution in [-0.4, -0.2) is 47.3 Å². The van der Waals surface area contributed by atoms with Gasteiger partial charge in [0, 0.05) is 29.5 Å². The van der Waals surface area contributed by atoms with Crippen molar-refractivity contribution in [3.63, 3.8) is 0 Å². The van der Waals surface area contributed by atoms with Crippen molar-refractivity contribution >= 4 is 45.8 Å². The first kappa shape index (κ1) is 24.7. The Bertz CT molecular complexity index is 1580. The molecule has 0 aliphatic rings. The van der Waals surface area contributed by atoms with Gasteiger partial charge in [-0.1, -0.05) is 37.6 Å². The van der Waals surface area contributed by atoms with Crippen molar-refractivity contribution in [2.75, 3.05) is 5.32 Å². The van der Waals surface area contributed by atoms with Crippen molar-refractivity contribution in [2.45, 2.75) is 31.7 Å². The van der Waals surface area contributed by atoms with Gasteiger partial charge in [0.1, 0.15) is 11.4 Å². The highest BCUT2D eigenvalue weighted by atomic mass is 35.5. The van der Waals surface area contributed by atoms with Crippen molar-refractivity contribution < 1.29 is 14.3 Å². The molecule has 37 heavy (non-hydrogen) atoms. The lowest BCUT2D eigenvalue weighted by molar-refractivity contribution is -0.137. The molecule has 0 aromatic carbocycles. The highest BCUT2D eigenvalue weighted by Crippen LogP contribution is 2.35. The zero-order valence-corrected chi connectivity index (χ0v) is 21.3. The number of nitrogens with one attached hydrogen (secondary N) is 2. The number of anilines is 1. The van der Waals surface area contributed by atoms with Gasteiger partial charge in [-0.2, -0.15) is 5.10 Å². The molecule has 1 unspecified atom stereocenters. The molecule has 0 spiro atoms. The average Bonchev–Trinajstić information content (AvgIpc) is 3.55. The molecule has 0 radical (unpaired) electrons. The molecule has 0 aliphatic carbocycles. The number of fused-ring (bicyclic) bond motifs is 1. The number of carboxylic acids is 1. The summed E-state index contributed by atoms with van der Waals surface area (Å²) in [4.78, 5) is 30.0. The Morgan fingerprint density at radius 3 is 2.78 bits per heavy atom. The molecule has 5 aromatic rings. The van der Waals surface area contributed by atoms with E-state index in [4.69, 9.17) is 11.6 Å². The van der Waals surface area contributed by atoms with Crippen LogP contribution in [0.5, 0.6) is 0 Å². The van der Waals surface area contributed by atoms with E-state index in [0.717, 1.165) is 0 Å². The van der Waals surface area contributed by atoms with Crippen molar-refractivity contribution in [3.8, 4) is 22.1 Å². The van der Waals surface area contributed by atoms with Crippen LogP contribution in [0.4, 0.5) is 10.2 Å². The van der Waals surface area contributed by atoms with Gasteiger partial charge < -0.3 is 10.4 Å². The highest BCUT2D eigenvalue weighted by Gasteiger charge is 2.36. The number of halogens is 2. The molecule has 5 heterocycles. The molecule has 188 valence electrons. The summed E-state index contributed by atoms with van der Waals surface area (Å²) >= 11 is 7.47. The van der Waals surface area contributed by atoms with Crippen molar-refractivity contribution in [2.24, 2.45) is 0 Å². The molecular weight excluding hydrogens is 517 g/mol. The molecule has 5 rings (SSSR count). The summed E-state index contributed by atoms with van der Waals surface area (Å²) in [5.41, 5.74) is 0.745. The Morgan fingerprint density at radius 2 is 2.08 bits per heavy atom. The summed E-state index contributed by atoms with van der Waals surface area (Å²) in [6.07, 6.45) is 2.80. The van der Waals surface area contributed by atoms with Crippen LogP contribution in [-0.2, 0) is 10.2 Å². The fraction of sp³-hybridized carbons (Fsp3) is 0.200. The number of thiophene rings is 1. The van der Waals surface area contributed by atoms with Crippen LogP contribution >= 0.6 is 22.9 Å². The zero-order chi connectivity index (χ0) is 26.2. The Balaban J connectivity index is 1.66. The average molecular weight is 538 g/mol. The fourth-order valence-electron chi connectivity index (χ4n) is 4.02. The normalized spacial score (nSPS) is 12.5. The van der Waals surface area contributed by atoms with Crippen molar-refractivity contribution in [1.29, 1.82) is 0 Å². The van der Waals surface area contributed by atoms with Gasteiger partial charge in [0.15, 0.2) is 23.1 Å². The summed E-state index contributed by atoms with van der Waals surface area (Å²) < 4.78 is 15.9. The molecule has 0 bridgehead atoms. The maximum Gasteiger partial charge on any atom is 0.305 e. The molecule has 0 saturated heterocycles. The third kappa shape index (κ3) is 4.87. The molecule has 0 fully saturated rings. The number of H-pyrrole nitrogens is 1. The minimum absolute atomic E-state index is 0.0740. The highest BCUT2D eigenvalue weighted by molar-refractivity contribution is 7.13. The predicted molar refractivity (Wildman–Crippen MR) is 140 cm³/mol. The smallest absolute Gasteiger partial charge is 0.305 e. The number of hydrogen-bond donors (Lipinski definition) is 3. The van der Waals surface area contributed by atoms with Crippen LogP contribution < -0.4 is 5.32 Å². The second-order valence-corrected chi connectivity index (χ2v) is 10.3. The fourth-order valence-corrected chi connectivity index (χ4v) is 4.89. The number of aromatic nitrogens is 6. The van der Waals surface area contributed by atoms with E-state index in [9.17, 15) is 9.90 Å². The van der Waals surface area contributed by atoms with Crippen LogP contribution in [0.3, 0.4) is 0 Å². The number of aromatic amines is 1. The first-order valence-electron chi connectivity index (χ1n) is 11.2. The molecule has 5 aromatic heterocycles. The largest absolute Gasteiger partial charge is 0.481 e. The lowest BCUT2D eigenvalue weighted by Gasteiger charge is -2.34. The van der Waals surface area contributed by atoms with Gasteiger partial charge in [-0.05, 0) is 29.6 Å². The summed E-state index contributed by atoms with van der Waals surface area (Å²) in [5.74, 6) is -1.72. The first-order chi connectivity index (χ1) is 17.7. The van der Waals surface area contributed by atoms with Gasteiger partial charge in [-0.15, -0.1) is 11.3 Å². The van der Waals surface area contributed by atoms with Gasteiger partial charge >= 0.3 is 5.97 Å². The third-order valence-corrected chi connectivity index (χ3v) is 7.17. The minimum Gasteiger partial charge on any atom is -0.481 e. The van der Waals surface area contributed by atoms with Crippen molar-refractivity contribution in [1.82, 2.24) is 30.1 Å². The lowest BCUT2D eigenvalue weighted by atomic mass is 9.79. The van der Waals surface area contributed by atoms with E-state index in [2.05, 4.69) is 35.5 Å². The van der Waals surface area contributed by atoms with E-state index in [1.807, 2.05) is 31.4 Å². The standard InChI is InChI=1S/C25H21ClFN7O2S/c1-25(2,16-7-3-4-8-28-16)17(11-18(35)36)30-23-19(27)21(15-6-5-9-37-15)31-24(32-23)20-14-10-13(26)12-29-22(14)34-33-20/h3-10,12,17H,11H2,1-2H3,(H,35,36)(H,29,33,34)(H,30,31,32). The maximum atomic E-state index is 15.9. The molecule has 1 atom stereocenters. The summed E-state index contributed by atoms with van der Waals surface area (Å²) in [5, 5.41) is 22.6. The molecule has 0 amide bonds. The lowest BCUT2D eigenvalue weighted by Crippen LogP contribution is -2.42. The molecule has 0 aliphatic heterocycles. The van der Waals surface area contributed by atoms with E-state index < -0.39 is 23.2 Å². The van der Waals surface area contributed by atoms with Gasteiger partial charge in [0.2, 0.25) is 0 Å². The Morgan fingerprint density at radius 1 is 1.24 bits per heavy atom. The number of carbonyl (C=O) groups is 1. The van der Waals surface area contributed by atoms with E-state index in [1.54, 1.807) is 30.5 Å². The second kappa shape index (κ2) is 9.83. The summed E-state index contributed by atoms with van der Waals surface area (Å²) in [7, 11) is 0. The number of pyridine rings is 2. The molecule has 3 N–H and O–H groups in total. The predicted octanol–water partition coefficient (Wildman–Crippen LogP) is 5.56. The van der Waals surface area contributed by atoms with E-state index >= 15 is 4.39 Å². The minimum atomic E-state index is -1.05. The van der Waals surface area contributed by atoms with Crippen LogP contribution in [0.15, 0.2) is 54.2 Å². The number of aliphatic carboxylic acids is 1. The van der Waals surface area contributed by atoms with E-state index in [1.165, 1.54) is 17.5 Å². The van der Waals surface area contributed by atoms with Gasteiger partial charge in [0.25, 0.3) is 0 Å². The number of nitrogens with zero attached hydrogens (tertiary/aromatic N) is 5. The molecule has 0 saturated carbocycles. The number of rotatable bonds is 8. The molecule has 9 nitrogen and oxygen atoms in total. The van der Waals surface area contributed by atoms with Crippen LogP contribution in [0, 0.1) is 5.82 Å². The maximum absolute atomic E-state index is 15.9. The third-order valence-electron chi connectivity index (χ3n) is 6.09. The molecular formula is C25H21ClFN7O2S. The summed E-state index contributed by atoms with van der Waals surface area (Å²) in [6, 6.07) is 9.86. The van der Waals surface area contributed by atoms with Crippen molar-refractivity contribution in [3.05, 3.63) is 70.7 Å². The van der Waals surface area contributed by atoms with Gasteiger partial charge in [0.05, 0.1) is 21.7 Å². The first-order valence-corrected chi connectivity index (χ1v) is 12.5. The monoisotopic (exact) mass is 537 g/mol. The zero-order valence-electron chi connectivity index (χ0n) is 19.7. The Labute approximate surface area is 219 Å².